The molecule has 1 nitrogen and oxygen atoms in total. The third kappa shape index (κ3) is 4.48. The van der Waals surface area contributed by atoms with Gasteiger partial charge in [0.1, 0.15) is 5.60 Å². The van der Waals surface area contributed by atoms with E-state index in [0.29, 0.717) is 6.42 Å². The molecule has 52 valence electrons. The molecule has 0 N–H and O–H groups in total. The van der Waals surface area contributed by atoms with Crippen molar-refractivity contribution in [3.63, 3.8) is 0 Å². The van der Waals surface area contributed by atoms with Crippen molar-refractivity contribution in [2.45, 2.75) is 32.8 Å². The van der Waals surface area contributed by atoms with Gasteiger partial charge in [-0.1, -0.05) is 6.92 Å². The smallest absolute Gasteiger partial charge is 0.103 e. The molecular weight excluding hydrogens is 126 g/mol. The SMILES string of the molecule is CCC(C)(C)OF.P. The lowest BCUT2D eigenvalue weighted by molar-refractivity contribution is -0.222. The largest absolute Gasteiger partial charge is 0.188 e. The molecule has 0 aliphatic rings. The Hall–Kier alpha value is 0.320. The first-order valence-corrected chi connectivity index (χ1v) is 2.42. The molecule has 0 aliphatic heterocycles. The highest BCUT2D eigenvalue weighted by Gasteiger charge is 2.14. The van der Waals surface area contributed by atoms with Gasteiger partial charge in [-0.3, -0.25) is 0 Å². The van der Waals surface area contributed by atoms with Gasteiger partial charge in [-0.25, -0.2) is 0 Å². The summed E-state index contributed by atoms with van der Waals surface area (Å²) in [6.07, 6.45) is 0.698. The fourth-order valence-electron chi connectivity index (χ4n) is 0.0546. The highest BCUT2D eigenvalue weighted by atomic mass is 31.0. The Balaban J connectivity index is 0. The summed E-state index contributed by atoms with van der Waals surface area (Å²) < 4.78 is 11.3. The van der Waals surface area contributed by atoms with Crippen molar-refractivity contribution < 1.29 is 9.47 Å². The summed E-state index contributed by atoms with van der Waals surface area (Å²) >= 11 is 0. The standard InChI is InChI=1S/C5H11FO.H3P/c1-4-5(2,3)7-6;/h4H2,1-3H3;1H3. The molecule has 3 heteroatoms. The third-order valence-electron chi connectivity index (χ3n) is 1.06. The van der Waals surface area contributed by atoms with Crippen molar-refractivity contribution in [2.75, 3.05) is 0 Å². The fourth-order valence-corrected chi connectivity index (χ4v) is 0.0546. The first-order valence-electron chi connectivity index (χ1n) is 2.42. The van der Waals surface area contributed by atoms with Crippen LogP contribution in [0, 0.1) is 0 Å². The van der Waals surface area contributed by atoms with Crippen LogP contribution in [0.4, 0.5) is 4.53 Å². The van der Waals surface area contributed by atoms with Crippen molar-refractivity contribution in [1.29, 1.82) is 0 Å². The van der Waals surface area contributed by atoms with E-state index >= 15 is 0 Å². The minimum absolute atomic E-state index is 0. The molecule has 8 heavy (non-hydrogen) atoms. The first kappa shape index (κ1) is 11.2. The van der Waals surface area contributed by atoms with E-state index in [-0.39, 0.29) is 9.90 Å². The number of halogens is 1. The summed E-state index contributed by atoms with van der Waals surface area (Å²) in [5.74, 6) is 0. The number of hydrogen-bond acceptors (Lipinski definition) is 1. The monoisotopic (exact) mass is 140 g/mol. The van der Waals surface area contributed by atoms with Gasteiger partial charge in [0, 0.05) is 0 Å². The molecule has 0 saturated heterocycles. The Bertz CT molecular complexity index is 50.4. The summed E-state index contributed by atoms with van der Waals surface area (Å²) in [7, 11) is 0. The van der Waals surface area contributed by atoms with E-state index < -0.39 is 5.60 Å². The van der Waals surface area contributed by atoms with Crippen molar-refractivity contribution >= 4 is 9.90 Å². The summed E-state index contributed by atoms with van der Waals surface area (Å²) in [5.41, 5.74) is -0.583. The van der Waals surface area contributed by atoms with Gasteiger partial charge < -0.3 is 0 Å². The minimum Gasteiger partial charge on any atom is -0.188 e. The highest BCUT2D eigenvalue weighted by Crippen LogP contribution is 2.12. The zero-order valence-electron chi connectivity index (χ0n) is 5.70. The molecule has 1 atom stereocenters. The van der Waals surface area contributed by atoms with Crippen molar-refractivity contribution in [3.8, 4) is 0 Å². The molecule has 0 amide bonds. The lowest BCUT2D eigenvalue weighted by Gasteiger charge is -2.14. The van der Waals surface area contributed by atoms with Gasteiger partial charge in [0.2, 0.25) is 0 Å². The Kier molecular flexibility index (Phi) is 5.89. The Morgan fingerprint density at radius 1 is 1.50 bits per heavy atom. The minimum atomic E-state index is -0.583. The molecule has 0 heterocycles. The highest BCUT2D eigenvalue weighted by molar-refractivity contribution is 6.92. The molecule has 0 aromatic carbocycles. The molecule has 0 radical (unpaired) electrons. The second-order valence-corrected chi connectivity index (χ2v) is 2.19. The predicted octanol–water partition coefficient (Wildman–Crippen LogP) is 2.13. The van der Waals surface area contributed by atoms with Gasteiger partial charge in [0.15, 0.2) is 0 Å². The van der Waals surface area contributed by atoms with Gasteiger partial charge in [-0.05, 0) is 24.8 Å². The van der Waals surface area contributed by atoms with E-state index in [1.54, 1.807) is 13.8 Å². The van der Waals surface area contributed by atoms with Crippen LogP contribution in [0.3, 0.4) is 0 Å². The molecular formula is C5H14FOP. The van der Waals surface area contributed by atoms with Gasteiger partial charge in [0.05, 0.1) is 0 Å². The molecule has 0 bridgehead atoms. The van der Waals surface area contributed by atoms with Crippen LogP contribution in [-0.2, 0) is 4.94 Å². The molecule has 0 rings (SSSR count). The van der Waals surface area contributed by atoms with E-state index in [1.807, 2.05) is 6.92 Å². The van der Waals surface area contributed by atoms with E-state index in [9.17, 15) is 4.53 Å². The second-order valence-electron chi connectivity index (χ2n) is 2.19. The van der Waals surface area contributed by atoms with Crippen LogP contribution < -0.4 is 0 Å². The zero-order valence-corrected chi connectivity index (χ0v) is 7.11. The molecule has 1 unspecified atom stereocenters. The maximum absolute atomic E-state index is 11.3. The topological polar surface area (TPSA) is 9.23 Å². The average Bonchev–Trinajstić information content (AvgIpc) is 1.68. The van der Waals surface area contributed by atoms with Crippen molar-refractivity contribution in [2.24, 2.45) is 0 Å². The molecule has 0 fully saturated rings. The normalized spacial score (nSPS) is 10.5. The average molecular weight is 140 g/mol. The second kappa shape index (κ2) is 4.22. The number of hydrogen-bond donors (Lipinski definition) is 0. The Morgan fingerprint density at radius 3 is 1.88 bits per heavy atom. The van der Waals surface area contributed by atoms with Crippen molar-refractivity contribution in [3.05, 3.63) is 0 Å². The molecule has 0 spiro atoms. The van der Waals surface area contributed by atoms with Crippen LogP contribution in [0.15, 0.2) is 0 Å². The molecule has 0 aromatic heterocycles. The fraction of sp³-hybridized carbons (Fsp3) is 1.00. The molecule has 0 saturated carbocycles. The van der Waals surface area contributed by atoms with Crippen LogP contribution in [0.2, 0.25) is 0 Å². The molecule has 0 aromatic rings. The van der Waals surface area contributed by atoms with E-state index in [1.165, 1.54) is 0 Å². The summed E-state index contributed by atoms with van der Waals surface area (Å²) in [6.45, 7) is 5.28. The summed E-state index contributed by atoms with van der Waals surface area (Å²) in [6, 6.07) is 0. The predicted molar refractivity (Wildman–Crippen MR) is 37.7 cm³/mol. The van der Waals surface area contributed by atoms with E-state index in [4.69, 9.17) is 0 Å². The Labute approximate surface area is 53.1 Å². The van der Waals surface area contributed by atoms with Gasteiger partial charge in [0.25, 0.3) is 0 Å². The van der Waals surface area contributed by atoms with E-state index in [2.05, 4.69) is 4.94 Å². The maximum Gasteiger partial charge on any atom is 0.103 e. The lowest BCUT2D eigenvalue weighted by Crippen LogP contribution is -2.18. The van der Waals surface area contributed by atoms with Crippen LogP contribution in [0.5, 0.6) is 0 Å². The summed E-state index contributed by atoms with van der Waals surface area (Å²) in [4.78, 5) is 3.59. The maximum atomic E-state index is 11.3. The van der Waals surface area contributed by atoms with E-state index in [0.717, 1.165) is 0 Å². The quantitative estimate of drug-likeness (QED) is 0.534. The zero-order chi connectivity index (χ0) is 5.91. The number of rotatable bonds is 2. The van der Waals surface area contributed by atoms with Gasteiger partial charge in [-0.15, -0.1) is 0 Å². The summed E-state index contributed by atoms with van der Waals surface area (Å²) in [5, 5.41) is 0. The Morgan fingerprint density at radius 2 is 1.88 bits per heavy atom. The van der Waals surface area contributed by atoms with Crippen LogP contribution in [-0.4, -0.2) is 5.60 Å². The van der Waals surface area contributed by atoms with Gasteiger partial charge >= 0.3 is 0 Å². The lowest BCUT2D eigenvalue weighted by atomic mass is 10.1. The third-order valence-corrected chi connectivity index (χ3v) is 1.06. The molecule has 0 aliphatic carbocycles. The first-order chi connectivity index (χ1) is 3.12. The van der Waals surface area contributed by atoms with Crippen LogP contribution in [0.1, 0.15) is 27.2 Å². The van der Waals surface area contributed by atoms with Crippen LogP contribution in [0.25, 0.3) is 0 Å². The van der Waals surface area contributed by atoms with Gasteiger partial charge in [-0.2, -0.15) is 14.8 Å². The van der Waals surface area contributed by atoms with Crippen LogP contribution >= 0.6 is 9.90 Å². The van der Waals surface area contributed by atoms with Crippen molar-refractivity contribution in [1.82, 2.24) is 0 Å².